The van der Waals surface area contributed by atoms with Gasteiger partial charge in [-0.05, 0) is 64.2 Å². The first-order valence-electron chi connectivity index (χ1n) is 26.8. The van der Waals surface area contributed by atoms with Crippen LogP contribution in [-0.2, 0) is 18.4 Å². The molecule has 0 fully saturated rings. The van der Waals surface area contributed by atoms with Gasteiger partial charge in [0, 0.05) is 6.42 Å². The third kappa shape index (κ3) is 49.7. The summed E-state index contributed by atoms with van der Waals surface area (Å²) in [4.78, 5) is 23.3. The van der Waals surface area contributed by atoms with Crippen LogP contribution >= 0.6 is 7.82 Å². The highest BCUT2D eigenvalue weighted by Gasteiger charge is 2.28. The number of quaternary nitrogens is 1. The normalized spacial score (nSPS) is 14.6. The number of carbonyl (C=O) groups is 1. The maximum atomic E-state index is 13.0. The molecule has 0 aliphatic rings. The van der Waals surface area contributed by atoms with E-state index in [-0.39, 0.29) is 19.1 Å². The van der Waals surface area contributed by atoms with E-state index in [1.807, 2.05) is 21.1 Å². The van der Waals surface area contributed by atoms with E-state index in [2.05, 4.69) is 92.1 Å². The van der Waals surface area contributed by atoms with Crippen molar-refractivity contribution in [3.8, 4) is 0 Å². The minimum Gasteiger partial charge on any atom is -0.391 e. The average molecular weight is 932 g/mol. The van der Waals surface area contributed by atoms with Crippen LogP contribution < -0.4 is 5.32 Å². The monoisotopic (exact) mass is 932 g/mol. The van der Waals surface area contributed by atoms with Crippen molar-refractivity contribution in [2.75, 3.05) is 40.9 Å². The number of rotatable bonds is 48. The molecule has 1 amide bonds. The van der Waals surface area contributed by atoms with E-state index in [0.29, 0.717) is 30.3 Å². The minimum atomic E-state index is -4.34. The van der Waals surface area contributed by atoms with Gasteiger partial charge in [0.25, 0.3) is 0 Å². The fourth-order valence-electron chi connectivity index (χ4n) is 7.52. The Morgan fingerprint density at radius 3 is 1.32 bits per heavy atom. The maximum absolute atomic E-state index is 13.0. The Bertz CT molecular complexity index is 1290. The predicted octanol–water partition coefficient (Wildman–Crippen LogP) is 15.9. The molecule has 0 aromatic rings. The van der Waals surface area contributed by atoms with Gasteiger partial charge in [0.15, 0.2) is 0 Å². The highest BCUT2D eigenvalue weighted by Crippen LogP contribution is 2.43. The average Bonchev–Trinajstić information content (AvgIpc) is 3.26. The summed E-state index contributed by atoms with van der Waals surface area (Å²) in [5.41, 5.74) is 0. The number of nitrogens with zero attached hydrogens (tertiary/aromatic N) is 1. The highest BCUT2D eigenvalue weighted by atomic mass is 31.2. The van der Waals surface area contributed by atoms with E-state index in [4.69, 9.17) is 9.05 Å². The molecule has 3 N–H and O–H groups in total. The van der Waals surface area contributed by atoms with Crippen LogP contribution in [0.15, 0.2) is 72.9 Å². The number of likely N-dealkylation sites (N-methyl/N-ethyl adjacent to an activating group) is 1. The number of allylic oxidation sites excluding steroid dienone is 12. The van der Waals surface area contributed by atoms with E-state index < -0.39 is 20.0 Å². The summed E-state index contributed by atoms with van der Waals surface area (Å²) in [5.74, 6) is -0.187. The summed E-state index contributed by atoms with van der Waals surface area (Å²) in [6.07, 6.45) is 63.8. The van der Waals surface area contributed by atoms with Gasteiger partial charge in [0.05, 0.1) is 39.9 Å². The molecule has 0 radical (unpaired) electrons. The Morgan fingerprint density at radius 1 is 0.538 bits per heavy atom. The highest BCUT2D eigenvalue weighted by molar-refractivity contribution is 7.47. The van der Waals surface area contributed by atoms with Gasteiger partial charge in [-0.1, -0.05) is 228 Å². The molecule has 0 spiro atoms. The fourth-order valence-corrected chi connectivity index (χ4v) is 8.26. The molecule has 0 saturated carbocycles. The van der Waals surface area contributed by atoms with Gasteiger partial charge in [0.1, 0.15) is 13.2 Å². The van der Waals surface area contributed by atoms with Crippen LogP contribution in [-0.4, -0.2) is 73.4 Å². The molecule has 0 rings (SSSR count). The molecule has 0 aliphatic carbocycles. The van der Waals surface area contributed by atoms with Crippen LogP contribution in [0, 0.1) is 0 Å². The zero-order valence-corrected chi connectivity index (χ0v) is 43.9. The van der Waals surface area contributed by atoms with Crippen molar-refractivity contribution in [1.29, 1.82) is 0 Å². The smallest absolute Gasteiger partial charge is 0.391 e. The fraction of sp³-hybridized carbons (Fsp3) is 0.768. The molecule has 0 aliphatic heterocycles. The number of nitrogens with one attached hydrogen (secondary N) is 1. The Kier molecular flexibility index (Phi) is 45.5. The van der Waals surface area contributed by atoms with Crippen LogP contribution in [0.4, 0.5) is 0 Å². The standard InChI is InChI=1S/C56H103N2O6P/c1-6-8-10-12-14-16-18-20-22-24-26-28-30-31-33-35-37-39-41-43-45-47-49-55(59)54(53-64-65(61,62)63-52-51-58(3,4)5)57-56(60)50-48-46-44-42-40-38-36-34-32-29-27-25-23-21-19-17-15-13-11-9-7-2/h9,11,15,17,21,23,27,29,34,36,40,42,54-55,59H,6-8,10,12-14,16,18-20,22,24-26,28,30-33,35,37-39,41,43-53H2,1-5H3,(H-,57,60,61,62)/p+1/b11-9-,17-15-,23-21-,29-27-,36-34-,42-40-. The molecule has 3 unspecified atom stereocenters. The molecule has 0 heterocycles. The van der Waals surface area contributed by atoms with Gasteiger partial charge in [-0.25, -0.2) is 4.57 Å². The van der Waals surface area contributed by atoms with Crippen molar-refractivity contribution < 1.29 is 32.9 Å². The summed E-state index contributed by atoms with van der Waals surface area (Å²) in [6, 6.07) is -0.789. The van der Waals surface area contributed by atoms with Crippen molar-refractivity contribution >= 4 is 13.7 Å². The van der Waals surface area contributed by atoms with Crippen molar-refractivity contribution in [3.05, 3.63) is 72.9 Å². The third-order valence-corrected chi connectivity index (χ3v) is 12.7. The van der Waals surface area contributed by atoms with E-state index in [9.17, 15) is 19.4 Å². The Morgan fingerprint density at radius 2 is 0.923 bits per heavy atom. The lowest BCUT2D eigenvalue weighted by Crippen LogP contribution is -2.46. The van der Waals surface area contributed by atoms with Crippen molar-refractivity contribution in [3.63, 3.8) is 0 Å². The van der Waals surface area contributed by atoms with E-state index in [1.165, 1.54) is 122 Å². The van der Waals surface area contributed by atoms with Gasteiger partial charge in [0.2, 0.25) is 5.91 Å². The quantitative estimate of drug-likeness (QED) is 0.0243. The number of hydrogen-bond donors (Lipinski definition) is 3. The molecule has 3 atom stereocenters. The summed E-state index contributed by atoms with van der Waals surface area (Å²) < 4.78 is 23.7. The summed E-state index contributed by atoms with van der Waals surface area (Å²) in [6.45, 7) is 4.75. The predicted molar refractivity (Wildman–Crippen MR) is 281 cm³/mol. The maximum Gasteiger partial charge on any atom is 0.472 e. The van der Waals surface area contributed by atoms with Gasteiger partial charge in [-0.15, -0.1) is 0 Å². The molecular formula is C56H104N2O6P+. The van der Waals surface area contributed by atoms with Gasteiger partial charge >= 0.3 is 7.82 Å². The van der Waals surface area contributed by atoms with Crippen molar-refractivity contribution in [1.82, 2.24) is 5.32 Å². The summed E-state index contributed by atoms with van der Waals surface area (Å²) in [7, 11) is 1.58. The van der Waals surface area contributed by atoms with Crippen LogP contribution in [0.5, 0.6) is 0 Å². The first-order valence-corrected chi connectivity index (χ1v) is 28.3. The summed E-state index contributed by atoms with van der Waals surface area (Å²) in [5, 5.41) is 14.0. The second-order valence-corrected chi connectivity index (χ2v) is 20.7. The summed E-state index contributed by atoms with van der Waals surface area (Å²) >= 11 is 0. The largest absolute Gasteiger partial charge is 0.472 e. The molecule has 0 aromatic carbocycles. The SMILES string of the molecule is CC/C=C\C/C=C\C/C=C\C/C=C\C/C=C\C/C=C\CCCCC(=O)NC(COP(=O)(O)OCC[N+](C)(C)C)C(O)CCCCCCCCCCCCCCCCCCCCCCCC. The Hall–Kier alpha value is -2.06. The lowest BCUT2D eigenvalue weighted by Gasteiger charge is -2.26. The minimum absolute atomic E-state index is 0.0626. The van der Waals surface area contributed by atoms with Crippen molar-refractivity contribution in [2.45, 2.75) is 238 Å². The number of hydrogen-bond acceptors (Lipinski definition) is 5. The molecule has 65 heavy (non-hydrogen) atoms. The van der Waals surface area contributed by atoms with Gasteiger partial charge in [-0.3, -0.25) is 13.8 Å². The van der Waals surface area contributed by atoms with Gasteiger partial charge < -0.3 is 19.8 Å². The number of amides is 1. The molecule has 9 heteroatoms. The van der Waals surface area contributed by atoms with Crippen LogP contribution in [0.1, 0.15) is 226 Å². The van der Waals surface area contributed by atoms with Crippen LogP contribution in [0.2, 0.25) is 0 Å². The number of carbonyl (C=O) groups excluding carboxylic acids is 1. The molecule has 8 nitrogen and oxygen atoms in total. The number of phosphoric acid groups is 1. The zero-order valence-electron chi connectivity index (χ0n) is 43.0. The molecule has 0 saturated heterocycles. The lowest BCUT2D eigenvalue weighted by atomic mass is 10.0. The Balaban J connectivity index is 4.33. The number of phosphoric ester groups is 1. The van der Waals surface area contributed by atoms with E-state index in [1.54, 1.807) is 0 Å². The second kappa shape index (κ2) is 47.0. The second-order valence-electron chi connectivity index (χ2n) is 19.2. The van der Waals surface area contributed by atoms with Crippen molar-refractivity contribution in [2.24, 2.45) is 0 Å². The third-order valence-electron chi connectivity index (χ3n) is 11.7. The van der Waals surface area contributed by atoms with E-state index >= 15 is 0 Å². The first kappa shape index (κ1) is 62.9. The Labute approximate surface area is 402 Å². The van der Waals surface area contributed by atoms with Crippen LogP contribution in [0.25, 0.3) is 0 Å². The molecular weight excluding hydrogens is 828 g/mol. The first-order chi connectivity index (χ1) is 31.5. The number of aliphatic hydroxyl groups excluding tert-OH is 1. The number of unbranched alkanes of at least 4 members (excludes halogenated alkanes) is 23. The lowest BCUT2D eigenvalue weighted by molar-refractivity contribution is -0.870. The van der Waals surface area contributed by atoms with Crippen LogP contribution in [0.3, 0.4) is 0 Å². The zero-order chi connectivity index (χ0) is 47.8. The number of aliphatic hydroxyl groups is 1. The van der Waals surface area contributed by atoms with Gasteiger partial charge in [-0.2, -0.15) is 0 Å². The topological polar surface area (TPSA) is 105 Å². The van der Waals surface area contributed by atoms with E-state index in [0.717, 1.165) is 70.6 Å². The molecule has 0 aromatic heterocycles. The molecule has 0 bridgehead atoms. The molecule has 378 valence electrons.